The molecule has 13 heavy (non-hydrogen) atoms. The molecular weight excluding hydrogens is 162 g/mol. The minimum Gasteiger partial charge on any atom is -0.497 e. The van der Waals surface area contributed by atoms with E-state index in [0.29, 0.717) is 0 Å². The molecule has 66 valence electrons. The normalized spacial score (nSPS) is 10.7. The first kappa shape index (κ1) is 9.34. The highest BCUT2D eigenvalue weighted by molar-refractivity contribution is 5.66. The molecule has 1 aromatic rings. The summed E-state index contributed by atoms with van der Waals surface area (Å²) in [5, 5.41) is 8.47. The van der Waals surface area contributed by atoms with E-state index in [4.69, 9.17) is 10.00 Å². The highest BCUT2D eigenvalue weighted by atomic mass is 16.5. The van der Waals surface area contributed by atoms with E-state index in [1.54, 1.807) is 7.11 Å². The number of ether oxygens (including phenoxy) is 1. The van der Waals surface area contributed by atoms with E-state index >= 15 is 0 Å². The lowest BCUT2D eigenvalue weighted by molar-refractivity contribution is 0.414. The van der Waals surface area contributed by atoms with Crippen LogP contribution in [0.5, 0.6) is 5.75 Å². The minimum absolute atomic E-state index is 0.809. The van der Waals surface area contributed by atoms with Crippen LogP contribution in [0, 0.1) is 11.3 Å². The van der Waals surface area contributed by atoms with Crippen molar-refractivity contribution < 1.29 is 4.74 Å². The fourth-order valence-electron chi connectivity index (χ4n) is 1.05. The zero-order chi connectivity index (χ0) is 9.68. The van der Waals surface area contributed by atoms with Gasteiger partial charge >= 0.3 is 0 Å². The van der Waals surface area contributed by atoms with Gasteiger partial charge in [0.2, 0.25) is 0 Å². The van der Waals surface area contributed by atoms with E-state index in [0.717, 1.165) is 16.9 Å². The second-order valence-corrected chi connectivity index (χ2v) is 2.69. The monoisotopic (exact) mass is 173 g/mol. The molecule has 0 fully saturated rings. The highest BCUT2D eigenvalue weighted by Crippen LogP contribution is 2.18. The quantitative estimate of drug-likeness (QED) is 0.644. The summed E-state index contributed by atoms with van der Waals surface area (Å²) in [4.78, 5) is 0. The second-order valence-electron chi connectivity index (χ2n) is 2.69. The van der Waals surface area contributed by atoms with E-state index < -0.39 is 0 Å². The lowest BCUT2D eigenvalue weighted by atomic mass is 10.1. The number of allylic oxidation sites excluding steroid dienone is 2. The summed E-state index contributed by atoms with van der Waals surface area (Å²) >= 11 is 0. The van der Waals surface area contributed by atoms with Crippen LogP contribution < -0.4 is 4.74 Å². The third-order valence-electron chi connectivity index (χ3n) is 1.81. The van der Waals surface area contributed by atoms with Crippen LogP contribution in [0.2, 0.25) is 0 Å². The van der Waals surface area contributed by atoms with Crippen molar-refractivity contribution in [3.05, 3.63) is 35.9 Å². The summed E-state index contributed by atoms with van der Waals surface area (Å²) in [7, 11) is 1.63. The number of hydrogen-bond acceptors (Lipinski definition) is 2. The van der Waals surface area contributed by atoms with Crippen LogP contribution in [0.25, 0.3) is 5.57 Å². The molecule has 1 aromatic carbocycles. The van der Waals surface area contributed by atoms with Gasteiger partial charge in [0, 0.05) is 6.08 Å². The summed E-state index contributed by atoms with van der Waals surface area (Å²) in [5.41, 5.74) is 1.96. The van der Waals surface area contributed by atoms with Crippen LogP contribution in [0.3, 0.4) is 0 Å². The van der Waals surface area contributed by atoms with Crippen molar-refractivity contribution in [3.63, 3.8) is 0 Å². The van der Waals surface area contributed by atoms with Crippen molar-refractivity contribution >= 4 is 5.57 Å². The lowest BCUT2D eigenvalue weighted by Crippen LogP contribution is -1.84. The van der Waals surface area contributed by atoms with Crippen LogP contribution in [0.15, 0.2) is 30.3 Å². The van der Waals surface area contributed by atoms with Crippen LogP contribution in [-0.4, -0.2) is 7.11 Å². The number of benzene rings is 1. The Bertz CT molecular complexity index is 361. The van der Waals surface area contributed by atoms with Gasteiger partial charge in [-0.3, -0.25) is 0 Å². The maximum Gasteiger partial charge on any atom is 0.119 e. The topological polar surface area (TPSA) is 33.0 Å². The summed E-state index contributed by atoms with van der Waals surface area (Å²) in [6, 6.07) is 9.64. The minimum atomic E-state index is 0.809. The third kappa shape index (κ3) is 2.34. The number of nitrogens with zero attached hydrogens (tertiary/aromatic N) is 1. The number of hydrogen-bond donors (Lipinski definition) is 0. The van der Waals surface area contributed by atoms with Crippen molar-refractivity contribution in [2.45, 2.75) is 6.92 Å². The highest BCUT2D eigenvalue weighted by Gasteiger charge is 1.96. The van der Waals surface area contributed by atoms with Crippen molar-refractivity contribution in [3.8, 4) is 11.8 Å². The van der Waals surface area contributed by atoms with Gasteiger partial charge in [0.15, 0.2) is 0 Å². The Kier molecular flexibility index (Phi) is 3.10. The summed E-state index contributed by atoms with van der Waals surface area (Å²) in [6.07, 6.45) is 1.52. The van der Waals surface area contributed by atoms with Crippen molar-refractivity contribution in [1.82, 2.24) is 0 Å². The van der Waals surface area contributed by atoms with Crippen LogP contribution in [-0.2, 0) is 0 Å². The molecule has 0 atom stereocenters. The van der Waals surface area contributed by atoms with E-state index in [1.807, 2.05) is 37.3 Å². The predicted molar refractivity (Wildman–Crippen MR) is 52.3 cm³/mol. The maximum atomic E-state index is 8.47. The van der Waals surface area contributed by atoms with Crippen molar-refractivity contribution in [2.75, 3.05) is 7.11 Å². The van der Waals surface area contributed by atoms with E-state index in [2.05, 4.69) is 0 Å². The molecule has 0 aliphatic rings. The first-order valence-corrected chi connectivity index (χ1v) is 3.98. The Morgan fingerprint density at radius 1 is 1.54 bits per heavy atom. The average molecular weight is 173 g/mol. The average Bonchev–Trinajstić information content (AvgIpc) is 2.18. The van der Waals surface area contributed by atoms with Gasteiger partial charge in [-0.2, -0.15) is 5.26 Å². The van der Waals surface area contributed by atoms with Gasteiger partial charge in [-0.25, -0.2) is 0 Å². The Hall–Kier alpha value is -1.75. The molecule has 0 aliphatic carbocycles. The van der Waals surface area contributed by atoms with Crippen molar-refractivity contribution in [2.24, 2.45) is 0 Å². The van der Waals surface area contributed by atoms with Gasteiger partial charge in [-0.15, -0.1) is 0 Å². The molecule has 0 radical (unpaired) electrons. The lowest BCUT2D eigenvalue weighted by Gasteiger charge is -2.02. The zero-order valence-electron chi connectivity index (χ0n) is 7.74. The molecule has 0 unspecified atom stereocenters. The van der Waals surface area contributed by atoms with Gasteiger partial charge in [0.05, 0.1) is 13.2 Å². The molecular formula is C11H11NO. The largest absolute Gasteiger partial charge is 0.497 e. The van der Waals surface area contributed by atoms with Crippen molar-refractivity contribution in [1.29, 1.82) is 5.26 Å². The Balaban J connectivity index is 3.03. The molecule has 0 saturated heterocycles. The number of rotatable bonds is 2. The number of nitriles is 1. The molecule has 0 amide bonds. The molecule has 0 N–H and O–H groups in total. The molecule has 0 bridgehead atoms. The van der Waals surface area contributed by atoms with Gasteiger partial charge in [0.1, 0.15) is 5.75 Å². The Morgan fingerprint density at radius 2 is 2.31 bits per heavy atom. The van der Waals surface area contributed by atoms with Crippen LogP contribution in [0.1, 0.15) is 12.5 Å². The van der Waals surface area contributed by atoms with E-state index in [9.17, 15) is 0 Å². The fourth-order valence-corrected chi connectivity index (χ4v) is 1.05. The fraction of sp³-hybridized carbons (Fsp3) is 0.182. The molecule has 0 heterocycles. The third-order valence-corrected chi connectivity index (χ3v) is 1.81. The zero-order valence-corrected chi connectivity index (χ0v) is 7.74. The summed E-state index contributed by atoms with van der Waals surface area (Å²) < 4.78 is 5.07. The SMILES string of the molecule is COc1cccc(/C(C)=C/C#N)c1. The molecule has 0 saturated carbocycles. The molecule has 1 rings (SSSR count). The van der Waals surface area contributed by atoms with Crippen LogP contribution >= 0.6 is 0 Å². The molecule has 0 aliphatic heterocycles. The Morgan fingerprint density at radius 3 is 2.92 bits per heavy atom. The first-order chi connectivity index (χ1) is 6.27. The predicted octanol–water partition coefficient (Wildman–Crippen LogP) is 2.62. The van der Waals surface area contributed by atoms with Crippen LogP contribution in [0.4, 0.5) is 0 Å². The smallest absolute Gasteiger partial charge is 0.119 e. The Labute approximate surface area is 78.1 Å². The molecule has 0 spiro atoms. The van der Waals surface area contributed by atoms with Gasteiger partial charge in [-0.05, 0) is 30.2 Å². The van der Waals surface area contributed by atoms with E-state index in [-0.39, 0.29) is 0 Å². The molecule has 0 aromatic heterocycles. The number of methoxy groups -OCH3 is 1. The van der Waals surface area contributed by atoms with Gasteiger partial charge in [-0.1, -0.05) is 12.1 Å². The summed E-state index contributed by atoms with van der Waals surface area (Å²) in [6.45, 7) is 1.90. The molecule has 2 heteroatoms. The van der Waals surface area contributed by atoms with Gasteiger partial charge in [0.25, 0.3) is 0 Å². The molecule has 2 nitrogen and oxygen atoms in total. The standard InChI is InChI=1S/C11H11NO/c1-9(6-7-12)10-4-3-5-11(8-10)13-2/h3-6,8H,1-2H3/b9-6+. The van der Waals surface area contributed by atoms with E-state index in [1.165, 1.54) is 6.08 Å². The van der Waals surface area contributed by atoms with Gasteiger partial charge < -0.3 is 4.74 Å². The second kappa shape index (κ2) is 4.32. The first-order valence-electron chi connectivity index (χ1n) is 3.98. The summed E-state index contributed by atoms with van der Waals surface area (Å²) in [5.74, 6) is 0.809. The maximum absolute atomic E-state index is 8.47.